The molecule has 3 atom stereocenters. The molecule has 1 amide bonds. The van der Waals surface area contributed by atoms with Crippen LogP contribution in [-0.4, -0.2) is 32.2 Å². The van der Waals surface area contributed by atoms with Gasteiger partial charge in [-0.1, -0.05) is 19.8 Å². The minimum atomic E-state index is -0.0231. The smallest absolute Gasteiger partial charge is 0.226 e. The number of nitrogens with one attached hydrogen (secondary N) is 2. The van der Waals surface area contributed by atoms with Crippen LogP contribution >= 0.6 is 0 Å². The van der Waals surface area contributed by atoms with E-state index >= 15 is 0 Å². The van der Waals surface area contributed by atoms with Crippen molar-refractivity contribution in [3.63, 3.8) is 0 Å². The monoisotopic (exact) mass is 334 g/mol. The van der Waals surface area contributed by atoms with E-state index in [-0.39, 0.29) is 11.9 Å². The average Bonchev–Trinajstić information content (AvgIpc) is 2.56. The molecule has 0 bridgehead atoms. The van der Waals surface area contributed by atoms with Gasteiger partial charge in [-0.2, -0.15) is 0 Å². The summed E-state index contributed by atoms with van der Waals surface area (Å²) < 4.78 is 10.5. The zero-order valence-corrected chi connectivity index (χ0v) is 15.2. The number of hydrogen-bond donors (Lipinski definition) is 2. The Morgan fingerprint density at radius 3 is 2.67 bits per heavy atom. The van der Waals surface area contributed by atoms with Crippen LogP contribution in [0.3, 0.4) is 0 Å². The Balaban J connectivity index is 1.90. The number of amides is 1. The van der Waals surface area contributed by atoms with Crippen LogP contribution in [0.2, 0.25) is 0 Å². The maximum Gasteiger partial charge on any atom is 0.226 e. The fraction of sp³-hybridized carbons (Fsp3) is 0.632. The Morgan fingerprint density at radius 1 is 1.25 bits per heavy atom. The summed E-state index contributed by atoms with van der Waals surface area (Å²) in [5.74, 6) is 1.98. The van der Waals surface area contributed by atoms with Crippen molar-refractivity contribution in [2.75, 3.05) is 19.5 Å². The van der Waals surface area contributed by atoms with Gasteiger partial charge in [0, 0.05) is 24.6 Å². The molecule has 0 saturated heterocycles. The minimum Gasteiger partial charge on any atom is -0.497 e. The van der Waals surface area contributed by atoms with Crippen molar-refractivity contribution < 1.29 is 14.3 Å². The van der Waals surface area contributed by atoms with Crippen molar-refractivity contribution in [2.24, 2.45) is 5.92 Å². The van der Waals surface area contributed by atoms with Crippen molar-refractivity contribution in [1.82, 2.24) is 5.32 Å². The van der Waals surface area contributed by atoms with Crippen LogP contribution in [0.25, 0.3) is 0 Å². The Kier molecular flexibility index (Phi) is 6.91. The molecule has 1 aliphatic rings. The summed E-state index contributed by atoms with van der Waals surface area (Å²) in [5, 5.41) is 6.55. The summed E-state index contributed by atoms with van der Waals surface area (Å²) in [5.41, 5.74) is 0.639. The molecule has 0 aliphatic heterocycles. The fourth-order valence-electron chi connectivity index (χ4n) is 3.38. The lowest BCUT2D eigenvalue weighted by atomic mass is 9.85. The summed E-state index contributed by atoms with van der Waals surface area (Å²) >= 11 is 0. The van der Waals surface area contributed by atoms with E-state index in [4.69, 9.17) is 9.47 Å². The number of carbonyl (C=O) groups is 1. The van der Waals surface area contributed by atoms with Crippen molar-refractivity contribution in [1.29, 1.82) is 0 Å². The van der Waals surface area contributed by atoms with Gasteiger partial charge in [0.15, 0.2) is 0 Å². The number of anilines is 1. The predicted molar refractivity (Wildman–Crippen MR) is 96.8 cm³/mol. The third-order valence-electron chi connectivity index (χ3n) is 4.78. The second-order valence-corrected chi connectivity index (χ2v) is 6.75. The number of rotatable bonds is 7. The number of hydrogen-bond acceptors (Lipinski definition) is 4. The molecule has 3 unspecified atom stereocenters. The van der Waals surface area contributed by atoms with Gasteiger partial charge in [0.05, 0.1) is 19.9 Å². The number of carbonyl (C=O) groups excluding carboxylic acids is 1. The van der Waals surface area contributed by atoms with E-state index in [1.165, 1.54) is 25.7 Å². The van der Waals surface area contributed by atoms with Gasteiger partial charge >= 0.3 is 0 Å². The Hall–Kier alpha value is -1.75. The molecule has 5 heteroatoms. The maximum atomic E-state index is 12.4. The quantitative estimate of drug-likeness (QED) is 0.800. The van der Waals surface area contributed by atoms with Crippen molar-refractivity contribution in [3.05, 3.63) is 18.2 Å². The maximum absolute atomic E-state index is 12.4. The topological polar surface area (TPSA) is 59.6 Å². The highest BCUT2D eigenvalue weighted by Gasteiger charge is 2.23. The first-order chi connectivity index (χ1) is 11.5. The van der Waals surface area contributed by atoms with Crippen LogP contribution in [-0.2, 0) is 4.79 Å². The third-order valence-corrected chi connectivity index (χ3v) is 4.78. The Bertz CT molecular complexity index is 547. The molecular formula is C19H30N2O3. The van der Waals surface area contributed by atoms with Crippen LogP contribution in [0, 0.1) is 5.92 Å². The standard InChI is InChI=1S/C19H30N2O3/c1-13-7-5-6-8-16(13)20-14(2)11-19(22)21-17-12-15(23-3)9-10-18(17)24-4/h9-10,12-14,16,20H,5-8,11H2,1-4H3,(H,21,22). The van der Waals surface area contributed by atoms with Gasteiger partial charge in [0.25, 0.3) is 0 Å². The van der Waals surface area contributed by atoms with Gasteiger partial charge in [-0.15, -0.1) is 0 Å². The molecule has 2 N–H and O–H groups in total. The molecule has 0 heterocycles. The summed E-state index contributed by atoms with van der Waals surface area (Å²) in [4.78, 5) is 12.4. The molecular weight excluding hydrogens is 304 g/mol. The van der Waals surface area contributed by atoms with Gasteiger partial charge in [-0.05, 0) is 37.8 Å². The van der Waals surface area contributed by atoms with Gasteiger partial charge < -0.3 is 20.1 Å². The van der Waals surface area contributed by atoms with Crippen LogP contribution in [0.4, 0.5) is 5.69 Å². The second-order valence-electron chi connectivity index (χ2n) is 6.75. The van der Waals surface area contributed by atoms with Crippen LogP contribution < -0.4 is 20.1 Å². The lowest BCUT2D eigenvalue weighted by Crippen LogP contribution is -2.43. The van der Waals surface area contributed by atoms with E-state index in [0.29, 0.717) is 35.6 Å². The molecule has 0 aromatic heterocycles. The Morgan fingerprint density at radius 2 is 2.00 bits per heavy atom. The molecule has 1 saturated carbocycles. The molecule has 0 radical (unpaired) electrons. The minimum absolute atomic E-state index is 0.0231. The molecule has 2 rings (SSSR count). The summed E-state index contributed by atoms with van der Waals surface area (Å²) in [6.45, 7) is 4.37. The van der Waals surface area contributed by atoms with Gasteiger partial charge in [-0.3, -0.25) is 4.79 Å². The molecule has 1 aliphatic carbocycles. The molecule has 5 nitrogen and oxygen atoms in total. The zero-order valence-electron chi connectivity index (χ0n) is 15.2. The highest BCUT2D eigenvalue weighted by molar-refractivity contribution is 5.92. The molecule has 24 heavy (non-hydrogen) atoms. The van der Waals surface area contributed by atoms with E-state index in [9.17, 15) is 4.79 Å². The van der Waals surface area contributed by atoms with Crippen molar-refractivity contribution in [3.8, 4) is 11.5 Å². The molecule has 1 aromatic rings. The Labute approximate surface area is 145 Å². The number of ether oxygens (including phenoxy) is 2. The largest absolute Gasteiger partial charge is 0.497 e. The number of methoxy groups -OCH3 is 2. The fourth-order valence-corrected chi connectivity index (χ4v) is 3.38. The van der Waals surface area contributed by atoms with E-state index in [0.717, 1.165) is 0 Å². The first kappa shape index (κ1) is 18.6. The SMILES string of the molecule is COc1ccc(OC)c(NC(=O)CC(C)NC2CCCCC2C)c1. The van der Waals surface area contributed by atoms with Crippen molar-refractivity contribution >= 4 is 11.6 Å². The summed E-state index contributed by atoms with van der Waals surface area (Å²) in [7, 11) is 3.19. The van der Waals surface area contributed by atoms with Gasteiger partial charge in [0.1, 0.15) is 11.5 Å². The summed E-state index contributed by atoms with van der Waals surface area (Å²) in [6.07, 6.45) is 5.52. The van der Waals surface area contributed by atoms with Gasteiger partial charge in [-0.25, -0.2) is 0 Å². The second kappa shape index (κ2) is 8.92. The normalized spacial score (nSPS) is 21.8. The molecule has 1 fully saturated rings. The van der Waals surface area contributed by atoms with E-state index in [1.54, 1.807) is 26.4 Å². The zero-order chi connectivity index (χ0) is 17.5. The average molecular weight is 334 g/mol. The highest BCUT2D eigenvalue weighted by Crippen LogP contribution is 2.29. The van der Waals surface area contributed by atoms with Gasteiger partial charge in [0.2, 0.25) is 5.91 Å². The molecule has 0 spiro atoms. The molecule has 134 valence electrons. The first-order valence-corrected chi connectivity index (χ1v) is 8.81. The van der Waals surface area contributed by atoms with E-state index in [2.05, 4.69) is 24.5 Å². The number of benzene rings is 1. The highest BCUT2D eigenvalue weighted by atomic mass is 16.5. The van der Waals surface area contributed by atoms with E-state index < -0.39 is 0 Å². The van der Waals surface area contributed by atoms with Crippen LogP contribution in [0.1, 0.15) is 46.0 Å². The first-order valence-electron chi connectivity index (χ1n) is 8.81. The van der Waals surface area contributed by atoms with Crippen LogP contribution in [0.5, 0.6) is 11.5 Å². The van der Waals surface area contributed by atoms with Crippen LogP contribution in [0.15, 0.2) is 18.2 Å². The third kappa shape index (κ3) is 5.13. The van der Waals surface area contributed by atoms with Crippen molar-refractivity contribution in [2.45, 2.75) is 58.0 Å². The predicted octanol–water partition coefficient (Wildman–Crippen LogP) is 3.59. The molecule has 1 aromatic carbocycles. The lowest BCUT2D eigenvalue weighted by Gasteiger charge is -2.32. The summed E-state index contributed by atoms with van der Waals surface area (Å²) in [6, 6.07) is 6.04. The lowest BCUT2D eigenvalue weighted by molar-refractivity contribution is -0.116. The van der Waals surface area contributed by atoms with E-state index in [1.807, 2.05) is 6.07 Å².